The van der Waals surface area contributed by atoms with Crippen molar-refractivity contribution < 1.29 is 9.59 Å². The molecule has 5 heteroatoms. The number of nitrogens with zero attached hydrogens (tertiary/aromatic N) is 1. The molecule has 0 radical (unpaired) electrons. The average molecular weight is 359 g/mol. The molecule has 136 valence electrons. The topological polar surface area (TPSA) is 71.1 Å². The normalized spacial score (nSPS) is 10.3. The second kappa shape index (κ2) is 8.27. The van der Waals surface area contributed by atoms with Gasteiger partial charge >= 0.3 is 0 Å². The first kappa shape index (κ1) is 18.3. The van der Waals surface area contributed by atoms with Gasteiger partial charge in [0, 0.05) is 23.0 Å². The smallest absolute Gasteiger partial charge is 0.255 e. The van der Waals surface area contributed by atoms with Crippen molar-refractivity contribution in [3.8, 4) is 0 Å². The third-order valence-electron chi connectivity index (χ3n) is 4.39. The summed E-state index contributed by atoms with van der Waals surface area (Å²) in [5.41, 5.74) is 4.46. The molecule has 0 unspecified atom stereocenters. The van der Waals surface area contributed by atoms with E-state index in [9.17, 15) is 9.59 Å². The Morgan fingerprint density at radius 1 is 0.926 bits per heavy atom. The molecule has 3 aromatic rings. The lowest BCUT2D eigenvalue weighted by Gasteiger charge is -2.11. The summed E-state index contributed by atoms with van der Waals surface area (Å²) < 4.78 is 0. The number of carbonyl (C=O) groups excluding carboxylic acids is 2. The van der Waals surface area contributed by atoms with Crippen molar-refractivity contribution in [1.29, 1.82) is 0 Å². The van der Waals surface area contributed by atoms with Gasteiger partial charge in [0.05, 0.1) is 12.2 Å². The highest BCUT2D eigenvalue weighted by Gasteiger charge is 2.12. The maximum absolute atomic E-state index is 12.6. The second-order valence-electron chi connectivity index (χ2n) is 6.29. The Hall–Kier alpha value is -3.47. The van der Waals surface area contributed by atoms with Crippen LogP contribution in [0.25, 0.3) is 0 Å². The lowest BCUT2D eigenvalue weighted by molar-refractivity contribution is 0.0949. The van der Waals surface area contributed by atoms with Gasteiger partial charge in [0.25, 0.3) is 11.8 Å². The van der Waals surface area contributed by atoms with Crippen molar-refractivity contribution in [2.45, 2.75) is 20.4 Å². The highest BCUT2D eigenvalue weighted by Crippen LogP contribution is 2.16. The van der Waals surface area contributed by atoms with Gasteiger partial charge in [-0.15, -0.1) is 0 Å². The van der Waals surface area contributed by atoms with Gasteiger partial charge in [0.2, 0.25) is 0 Å². The summed E-state index contributed by atoms with van der Waals surface area (Å²) in [5.74, 6) is -0.411. The van der Waals surface area contributed by atoms with E-state index in [-0.39, 0.29) is 11.8 Å². The van der Waals surface area contributed by atoms with Crippen molar-refractivity contribution in [3.05, 3.63) is 94.8 Å². The van der Waals surface area contributed by atoms with Gasteiger partial charge in [-0.1, -0.05) is 24.3 Å². The highest BCUT2D eigenvalue weighted by atomic mass is 16.2. The standard InChI is InChI=1S/C22H21N3O2/c1-15-7-5-11-20(16(15)2)22(27)25-18-10-6-8-17(13-18)21(26)24-14-19-9-3-4-12-23-19/h3-13H,14H2,1-2H3,(H,24,26)(H,25,27). The molecule has 0 aliphatic rings. The zero-order valence-electron chi connectivity index (χ0n) is 15.3. The molecule has 27 heavy (non-hydrogen) atoms. The van der Waals surface area contributed by atoms with E-state index in [1.807, 2.05) is 44.2 Å². The molecule has 0 aliphatic heterocycles. The van der Waals surface area contributed by atoms with Crippen LogP contribution in [0, 0.1) is 13.8 Å². The summed E-state index contributed by atoms with van der Waals surface area (Å²) in [7, 11) is 0. The molecular weight excluding hydrogens is 338 g/mol. The Labute approximate surface area is 158 Å². The van der Waals surface area contributed by atoms with Crippen LogP contribution in [0.5, 0.6) is 0 Å². The van der Waals surface area contributed by atoms with Gasteiger partial charge in [0.15, 0.2) is 0 Å². The molecule has 0 saturated carbocycles. The van der Waals surface area contributed by atoms with Crippen LogP contribution >= 0.6 is 0 Å². The summed E-state index contributed by atoms with van der Waals surface area (Å²) in [5, 5.41) is 5.69. The number of hydrogen-bond donors (Lipinski definition) is 2. The molecule has 1 aromatic heterocycles. The lowest BCUT2D eigenvalue weighted by atomic mass is 10.0. The first-order chi connectivity index (χ1) is 13.0. The number of amides is 2. The van der Waals surface area contributed by atoms with Crippen LogP contribution in [0.2, 0.25) is 0 Å². The molecule has 2 N–H and O–H groups in total. The zero-order chi connectivity index (χ0) is 19.2. The van der Waals surface area contributed by atoms with Gasteiger partial charge < -0.3 is 10.6 Å². The van der Waals surface area contributed by atoms with E-state index in [1.165, 1.54) is 0 Å². The van der Waals surface area contributed by atoms with E-state index in [4.69, 9.17) is 0 Å². The van der Waals surface area contributed by atoms with Crippen LogP contribution in [0.4, 0.5) is 5.69 Å². The van der Waals surface area contributed by atoms with Gasteiger partial charge in [0.1, 0.15) is 0 Å². The Kier molecular flexibility index (Phi) is 5.61. The minimum Gasteiger partial charge on any atom is -0.346 e. The van der Waals surface area contributed by atoms with Crippen LogP contribution in [0.1, 0.15) is 37.5 Å². The number of nitrogens with one attached hydrogen (secondary N) is 2. The molecular formula is C22H21N3O2. The van der Waals surface area contributed by atoms with Gasteiger partial charge in [-0.3, -0.25) is 14.6 Å². The third-order valence-corrected chi connectivity index (χ3v) is 4.39. The summed E-state index contributed by atoms with van der Waals surface area (Å²) in [6, 6.07) is 18.1. The van der Waals surface area contributed by atoms with Crippen molar-refractivity contribution in [1.82, 2.24) is 10.3 Å². The summed E-state index contributed by atoms with van der Waals surface area (Å²) >= 11 is 0. The molecule has 3 rings (SSSR count). The fourth-order valence-electron chi connectivity index (χ4n) is 2.71. The Balaban J connectivity index is 1.69. The second-order valence-corrected chi connectivity index (χ2v) is 6.29. The number of aromatic nitrogens is 1. The highest BCUT2D eigenvalue weighted by molar-refractivity contribution is 6.06. The molecule has 0 fully saturated rings. The monoisotopic (exact) mass is 359 g/mol. The lowest BCUT2D eigenvalue weighted by Crippen LogP contribution is -2.23. The van der Waals surface area contributed by atoms with Crippen LogP contribution in [0.3, 0.4) is 0 Å². The fraction of sp³-hybridized carbons (Fsp3) is 0.136. The Morgan fingerprint density at radius 3 is 2.52 bits per heavy atom. The average Bonchev–Trinajstić information content (AvgIpc) is 2.69. The molecule has 0 spiro atoms. The fourth-order valence-corrected chi connectivity index (χ4v) is 2.71. The first-order valence-corrected chi connectivity index (χ1v) is 8.70. The molecule has 0 aliphatic carbocycles. The molecule has 0 atom stereocenters. The van der Waals surface area contributed by atoms with Gasteiger partial charge in [-0.05, 0) is 61.4 Å². The Bertz CT molecular complexity index is 968. The van der Waals surface area contributed by atoms with Gasteiger partial charge in [-0.25, -0.2) is 0 Å². The SMILES string of the molecule is Cc1cccc(C(=O)Nc2cccc(C(=O)NCc3ccccn3)c2)c1C. The number of pyridine rings is 1. The van der Waals surface area contributed by atoms with E-state index in [0.29, 0.717) is 23.4 Å². The van der Waals surface area contributed by atoms with Crippen LogP contribution in [0.15, 0.2) is 66.9 Å². The van der Waals surface area contributed by atoms with Crippen LogP contribution < -0.4 is 10.6 Å². The molecule has 5 nitrogen and oxygen atoms in total. The van der Waals surface area contributed by atoms with Crippen molar-refractivity contribution in [2.24, 2.45) is 0 Å². The van der Waals surface area contributed by atoms with Crippen LogP contribution in [-0.2, 0) is 6.54 Å². The van der Waals surface area contributed by atoms with Crippen LogP contribution in [-0.4, -0.2) is 16.8 Å². The zero-order valence-corrected chi connectivity index (χ0v) is 15.3. The minimum atomic E-state index is -0.219. The molecule has 0 bridgehead atoms. The summed E-state index contributed by atoms with van der Waals surface area (Å²) in [6.07, 6.45) is 1.69. The number of anilines is 1. The first-order valence-electron chi connectivity index (χ1n) is 8.70. The predicted molar refractivity (Wildman–Crippen MR) is 106 cm³/mol. The molecule has 1 heterocycles. The molecule has 2 aromatic carbocycles. The Morgan fingerprint density at radius 2 is 1.74 bits per heavy atom. The van der Waals surface area contributed by atoms with E-state index in [0.717, 1.165) is 16.8 Å². The number of benzene rings is 2. The molecule has 2 amide bonds. The van der Waals surface area contributed by atoms with E-state index in [2.05, 4.69) is 15.6 Å². The summed E-state index contributed by atoms with van der Waals surface area (Å²) in [6.45, 7) is 4.24. The van der Waals surface area contributed by atoms with Crippen molar-refractivity contribution in [3.63, 3.8) is 0 Å². The predicted octanol–water partition coefficient (Wildman–Crippen LogP) is 3.88. The number of rotatable bonds is 5. The van der Waals surface area contributed by atoms with Crippen molar-refractivity contribution in [2.75, 3.05) is 5.32 Å². The van der Waals surface area contributed by atoms with Gasteiger partial charge in [-0.2, -0.15) is 0 Å². The number of hydrogen-bond acceptors (Lipinski definition) is 3. The van der Waals surface area contributed by atoms with E-state index < -0.39 is 0 Å². The molecule has 0 saturated heterocycles. The van der Waals surface area contributed by atoms with E-state index in [1.54, 1.807) is 36.5 Å². The van der Waals surface area contributed by atoms with Crippen molar-refractivity contribution >= 4 is 17.5 Å². The maximum atomic E-state index is 12.6. The largest absolute Gasteiger partial charge is 0.346 e. The maximum Gasteiger partial charge on any atom is 0.255 e. The van der Waals surface area contributed by atoms with E-state index >= 15 is 0 Å². The quantitative estimate of drug-likeness (QED) is 0.726. The minimum absolute atomic E-state index is 0.192. The third kappa shape index (κ3) is 4.58. The number of aryl methyl sites for hydroxylation is 1. The number of carbonyl (C=O) groups is 2. The summed E-state index contributed by atoms with van der Waals surface area (Å²) in [4.78, 5) is 29.1.